The van der Waals surface area contributed by atoms with Crippen molar-refractivity contribution in [1.82, 2.24) is 10.2 Å². The van der Waals surface area contributed by atoms with E-state index < -0.39 is 0 Å². The number of carbonyl (C=O) groups excluding carboxylic acids is 1. The zero-order valence-corrected chi connectivity index (χ0v) is 12.0. The van der Waals surface area contributed by atoms with Gasteiger partial charge in [-0.05, 0) is 19.2 Å². The summed E-state index contributed by atoms with van der Waals surface area (Å²) < 4.78 is 10.6. The van der Waals surface area contributed by atoms with Crippen molar-refractivity contribution in [3.8, 4) is 11.5 Å². The number of nitrogens with zero attached hydrogens (tertiary/aromatic N) is 1. The monoisotopic (exact) mass is 266 g/mol. The second kappa shape index (κ2) is 7.63. The number of hydrogen-bond acceptors (Lipinski definition) is 4. The molecule has 0 heterocycles. The lowest BCUT2D eigenvalue weighted by Crippen LogP contribution is -2.33. The summed E-state index contributed by atoms with van der Waals surface area (Å²) in [6, 6.07) is 5.51. The first-order chi connectivity index (χ1) is 9.13. The van der Waals surface area contributed by atoms with Gasteiger partial charge in [-0.15, -0.1) is 0 Å². The van der Waals surface area contributed by atoms with Gasteiger partial charge >= 0.3 is 0 Å². The molecule has 1 rings (SSSR count). The highest BCUT2D eigenvalue weighted by Crippen LogP contribution is 2.28. The summed E-state index contributed by atoms with van der Waals surface area (Å²) in [5, 5.41) is 3.02. The van der Waals surface area contributed by atoms with E-state index in [2.05, 4.69) is 5.32 Å². The average Bonchev–Trinajstić information content (AvgIpc) is 2.44. The first kappa shape index (κ1) is 15.3. The summed E-state index contributed by atoms with van der Waals surface area (Å²) in [6.45, 7) is 1.44. The summed E-state index contributed by atoms with van der Waals surface area (Å²) in [4.78, 5) is 13.8. The van der Waals surface area contributed by atoms with Gasteiger partial charge in [0.15, 0.2) is 0 Å². The van der Waals surface area contributed by atoms with E-state index in [1.807, 2.05) is 25.2 Å². The Morgan fingerprint density at radius 1 is 1.26 bits per heavy atom. The molecular weight excluding hydrogens is 244 g/mol. The fraction of sp³-hybridized carbons (Fsp3) is 0.500. The van der Waals surface area contributed by atoms with E-state index >= 15 is 0 Å². The van der Waals surface area contributed by atoms with Gasteiger partial charge < -0.3 is 19.7 Å². The fourth-order valence-corrected chi connectivity index (χ4v) is 1.79. The molecule has 0 bridgehead atoms. The van der Waals surface area contributed by atoms with Crippen molar-refractivity contribution in [2.24, 2.45) is 0 Å². The molecule has 1 N–H and O–H groups in total. The van der Waals surface area contributed by atoms with Gasteiger partial charge in [-0.3, -0.25) is 4.79 Å². The van der Waals surface area contributed by atoms with Crippen molar-refractivity contribution in [2.75, 3.05) is 41.4 Å². The molecule has 19 heavy (non-hydrogen) atoms. The molecule has 0 aliphatic heterocycles. The Kier molecular flexibility index (Phi) is 6.15. The molecule has 0 saturated heterocycles. The average molecular weight is 266 g/mol. The fourth-order valence-electron chi connectivity index (χ4n) is 1.79. The van der Waals surface area contributed by atoms with E-state index in [1.165, 1.54) is 0 Å². The van der Waals surface area contributed by atoms with Crippen LogP contribution in [0.25, 0.3) is 0 Å². The second-order valence-corrected chi connectivity index (χ2v) is 4.24. The minimum atomic E-state index is 0.0399. The number of benzene rings is 1. The lowest BCUT2D eigenvalue weighted by Gasteiger charge is -2.19. The van der Waals surface area contributed by atoms with Crippen LogP contribution in [0.4, 0.5) is 0 Å². The van der Waals surface area contributed by atoms with Gasteiger partial charge in [0.05, 0.1) is 20.6 Å². The van der Waals surface area contributed by atoms with E-state index in [1.54, 1.807) is 26.2 Å². The Morgan fingerprint density at radius 3 is 2.32 bits per heavy atom. The third kappa shape index (κ3) is 4.13. The van der Waals surface area contributed by atoms with E-state index in [0.717, 1.165) is 12.1 Å². The van der Waals surface area contributed by atoms with Crippen LogP contribution in [0, 0.1) is 0 Å². The SMILES string of the molecule is CNCCN(C)C(=O)Cc1c(OC)cccc1OC. The standard InChI is InChI=1S/C14H22N2O3/c1-15-8-9-16(2)14(17)10-11-12(18-3)6-5-7-13(11)19-4/h5-7,15H,8-10H2,1-4H3. The van der Waals surface area contributed by atoms with E-state index in [-0.39, 0.29) is 12.3 Å². The van der Waals surface area contributed by atoms with Gasteiger partial charge in [0.2, 0.25) is 5.91 Å². The maximum Gasteiger partial charge on any atom is 0.227 e. The second-order valence-electron chi connectivity index (χ2n) is 4.24. The summed E-state index contributed by atoms with van der Waals surface area (Å²) in [5.41, 5.74) is 0.786. The molecule has 0 fully saturated rings. The van der Waals surface area contributed by atoms with Crippen LogP contribution in [-0.4, -0.2) is 52.2 Å². The molecule has 0 aliphatic rings. The molecule has 0 saturated carbocycles. The summed E-state index contributed by atoms with van der Waals surface area (Å²) in [6.07, 6.45) is 0.271. The summed E-state index contributed by atoms with van der Waals surface area (Å²) in [7, 11) is 6.84. The van der Waals surface area contributed by atoms with Gasteiger partial charge in [-0.25, -0.2) is 0 Å². The quantitative estimate of drug-likeness (QED) is 0.797. The Morgan fingerprint density at radius 2 is 1.84 bits per heavy atom. The molecule has 0 aliphatic carbocycles. The number of nitrogens with one attached hydrogen (secondary N) is 1. The van der Waals surface area contributed by atoms with Gasteiger partial charge in [-0.1, -0.05) is 6.07 Å². The lowest BCUT2D eigenvalue weighted by molar-refractivity contribution is -0.129. The van der Waals surface area contributed by atoms with Crippen LogP contribution < -0.4 is 14.8 Å². The van der Waals surface area contributed by atoms with Crippen LogP contribution in [0.1, 0.15) is 5.56 Å². The van der Waals surface area contributed by atoms with Gasteiger partial charge in [0, 0.05) is 25.7 Å². The van der Waals surface area contributed by atoms with E-state index in [9.17, 15) is 4.79 Å². The topological polar surface area (TPSA) is 50.8 Å². The van der Waals surface area contributed by atoms with Gasteiger partial charge in [-0.2, -0.15) is 0 Å². The predicted molar refractivity (Wildman–Crippen MR) is 74.8 cm³/mol. The molecule has 0 atom stereocenters. The maximum absolute atomic E-state index is 12.1. The number of hydrogen-bond donors (Lipinski definition) is 1. The third-order valence-corrected chi connectivity index (χ3v) is 2.98. The molecule has 1 aromatic carbocycles. The minimum Gasteiger partial charge on any atom is -0.496 e. The van der Waals surface area contributed by atoms with Crippen LogP contribution in [0.2, 0.25) is 0 Å². The molecule has 0 unspecified atom stereocenters. The zero-order valence-electron chi connectivity index (χ0n) is 12.0. The predicted octanol–water partition coefficient (Wildman–Crippen LogP) is 0.924. The van der Waals surface area contributed by atoms with Crippen LogP contribution in [-0.2, 0) is 11.2 Å². The normalized spacial score (nSPS) is 10.1. The van der Waals surface area contributed by atoms with Crippen molar-refractivity contribution < 1.29 is 14.3 Å². The van der Waals surface area contributed by atoms with Crippen molar-refractivity contribution in [3.05, 3.63) is 23.8 Å². The van der Waals surface area contributed by atoms with E-state index in [4.69, 9.17) is 9.47 Å². The highest BCUT2D eigenvalue weighted by atomic mass is 16.5. The highest BCUT2D eigenvalue weighted by molar-refractivity contribution is 5.80. The summed E-state index contributed by atoms with van der Waals surface area (Å²) in [5.74, 6) is 1.39. The lowest BCUT2D eigenvalue weighted by atomic mass is 10.1. The number of rotatable bonds is 7. The van der Waals surface area contributed by atoms with Crippen LogP contribution >= 0.6 is 0 Å². The van der Waals surface area contributed by atoms with Crippen LogP contribution in [0.5, 0.6) is 11.5 Å². The minimum absolute atomic E-state index is 0.0399. The van der Waals surface area contributed by atoms with Gasteiger partial charge in [0.25, 0.3) is 0 Å². The van der Waals surface area contributed by atoms with Crippen LogP contribution in [0.15, 0.2) is 18.2 Å². The van der Waals surface area contributed by atoms with Gasteiger partial charge in [0.1, 0.15) is 11.5 Å². The molecule has 0 aromatic heterocycles. The molecule has 1 amide bonds. The molecule has 106 valence electrons. The molecule has 1 aromatic rings. The Bertz CT molecular complexity index is 399. The molecular formula is C14H22N2O3. The number of amides is 1. The molecule has 5 nitrogen and oxygen atoms in total. The highest BCUT2D eigenvalue weighted by Gasteiger charge is 2.16. The number of methoxy groups -OCH3 is 2. The number of likely N-dealkylation sites (N-methyl/N-ethyl adjacent to an activating group) is 2. The maximum atomic E-state index is 12.1. The molecule has 5 heteroatoms. The summed E-state index contributed by atoms with van der Waals surface area (Å²) >= 11 is 0. The molecule has 0 spiro atoms. The first-order valence-electron chi connectivity index (χ1n) is 6.22. The van der Waals surface area contributed by atoms with Crippen molar-refractivity contribution in [3.63, 3.8) is 0 Å². The third-order valence-electron chi connectivity index (χ3n) is 2.98. The molecule has 0 radical (unpaired) electrons. The Hall–Kier alpha value is -1.75. The van der Waals surface area contributed by atoms with Crippen molar-refractivity contribution in [1.29, 1.82) is 0 Å². The largest absolute Gasteiger partial charge is 0.496 e. The zero-order chi connectivity index (χ0) is 14.3. The number of carbonyl (C=O) groups is 1. The van der Waals surface area contributed by atoms with Crippen molar-refractivity contribution >= 4 is 5.91 Å². The smallest absolute Gasteiger partial charge is 0.227 e. The van der Waals surface area contributed by atoms with Crippen molar-refractivity contribution in [2.45, 2.75) is 6.42 Å². The Balaban J connectivity index is 2.83. The Labute approximate surface area is 114 Å². The van der Waals surface area contributed by atoms with Crippen LogP contribution in [0.3, 0.4) is 0 Å². The van der Waals surface area contributed by atoms with E-state index in [0.29, 0.717) is 18.0 Å². The number of ether oxygens (including phenoxy) is 2. The first-order valence-corrected chi connectivity index (χ1v) is 6.22.